The van der Waals surface area contributed by atoms with Crippen molar-refractivity contribution in [3.63, 3.8) is 0 Å². The monoisotopic (exact) mass is 246 g/mol. The molecule has 0 saturated heterocycles. The summed E-state index contributed by atoms with van der Waals surface area (Å²) < 4.78 is 18.5. The Morgan fingerprint density at radius 2 is 2.15 bits per heavy atom. The zero-order valence-electron chi connectivity index (χ0n) is 7.73. The molecule has 0 aliphatic heterocycles. The lowest BCUT2D eigenvalue weighted by atomic mass is 10.1. The highest BCUT2D eigenvalue weighted by Crippen LogP contribution is 2.23. The number of hydrogen-bond donors (Lipinski definition) is 0. The number of hydrogen-bond acceptors (Lipinski definition) is 1. The summed E-state index contributed by atoms with van der Waals surface area (Å²) in [7, 11) is 0. The molecular formula is C10H12BrFO. The van der Waals surface area contributed by atoms with Gasteiger partial charge in [-0.1, -0.05) is 15.9 Å². The molecule has 0 heterocycles. The first-order valence-electron chi connectivity index (χ1n) is 4.16. The Morgan fingerprint density at radius 1 is 1.46 bits per heavy atom. The van der Waals surface area contributed by atoms with Crippen LogP contribution in [0.1, 0.15) is 18.1 Å². The fourth-order valence-corrected chi connectivity index (χ4v) is 1.54. The molecule has 0 radical (unpaired) electrons. The van der Waals surface area contributed by atoms with Gasteiger partial charge in [0.2, 0.25) is 0 Å². The van der Waals surface area contributed by atoms with Gasteiger partial charge >= 0.3 is 0 Å². The van der Waals surface area contributed by atoms with E-state index in [1.54, 1.807) is 6.07 Å². The van der Waals surface area contributed by atoms with E-state index in [0.29, 0.717) is 17.5 Å². The lowest BCUT2D eigenvalue weighted by Crippen LogP contribution is -1.97. The number of benzene rings is 1. The van der Waals surface area contributed by atoms with Gasteiger partial charge in [-0.15, -0.1) is 0 Å². The SMILES string of the molecule is CCOc1cc(CBr)c(F)cc1C. The summed E-state index contributed by atoms with van der Waals surface area (Å²) >= 11 is 3.22. The van der Waals surface area contributed by atoms with Crippen molar-refractivity contribution < 1.29 is 9.13 Å². The van der Waals surface area contributed by atoms with Crippen molar-refractivity contribution in [1.29, 1.82) is 0 Å². The third kappa shape index (κ3) is 2.44. The highest BCUT2D eigenvalue weighted by atomic mass is 79.9. The first kappa shape index (κ1) is 10.5. The number of halogens is 2. The van der Waals surface area contributed by atoms with Gasteiger partial charge in [-0.2, -0.15) is 0 Å². The maximum absolute atomic E-state index is 13.2. The molecule has 0 bridgehead atoms. The lowest BCUT2D eigenvalue weighted by Gasteiger charge is -2.09. The molecule has 1 nitrogen and oxygen atoms in total. The fourth-order valence-electron chi connectivity index (χ4n) is 1.11. The second kappa shape index (κ2) is 4.61. The van der Waals surface area contributed by atoms with Gasteiger partial charge in [-0.25, -0.2) is 4.39 Å². The second-order valence-electron chi connectivity index (χ2n) is 2.78. The summed E-state index contributed by atoms with van der Waals surface area (Å²) in [4.78, 5) is 0. The van der Waals surface area contributed by atoms with Crippen LogP contribution in [0.2, 0.25) is 0 Å². The maximum Gasteiger partial charge on any atom is 0.127 e. The van der Waals surface area contributed by atoms with E-state index in [9.17, 15) is 4.39 Å². The van der Waals surface area contributed by atoms with Crippen molar-refractivity contribution in [2.24, 2.45) is 0 Å². The maximum atomic E-state index is 13.2. The van der Waals surface area contributed by atoms with Crippen LogP contribution in [0.3, 0.4) is 0 Å². The predicted molar refractivity (Wildman–Crippen MR) is 54.9 cm³/mol. The summed E-state index contributed by atoms with van der Waals surface area (Å²) in [6, 6.07) is 3.24. The third-order valence-corrected chi connectivity index (χ3v) is 2.39. The van der Waals surface area contributed by atoms with Gasteiger partial charge in [0.15, 0.2) is 0 Å². The van der Waals surface area contributed by atoms with Gasteiger partial charge in [0, 0.05) is 10.9 Å². The van der Waals surface area contributed by atoms with E-state index in [1.165, 1.54) is 6.07 Å². The number of alkyl halides is 1. The van der Waals surface area contributed by atoms with Crippen LogP contribution in [-0.2, 0) is 5.33 Å². The molecule has 72 valence electrons. The fraction of sp³-hybridized carbons (Fsp3) is 0.400. The zero-order valence-corrected chi connectivity index (χ0v) is 9.32. The van der Waals surface area contributed by atoms with Gasteiger partial charge in [-0.3, -0.25) is 0 Å². The summed E-state index contributed by atoms with van der Waals surface area (Å²) in [6.45, 7) is 4.36. The van der Waals surface area contributed by atoms with Crippen LogP contribution < -0.4 is 4.74 Å². The Morgan fingerprint density at radius 3 is 2.69 bits per heavy atom. The van der Waals surface area contributed by atoms with E-state index in [0.717, 1.165) is 11.3 Å². The molecule has 1 aromatic carbocycles. The van der Waals surface area contributed by atoms with E-state index in [1.807, 2.05) is 13.8 Å². The van der Waals surface area contributed by atoms with Gasteiger partial charge in [0.25, 0.3) is 0 Å². The highest BCUT2D eigenvalue weighted by molar-refractivity contribution is 9.08. The molecule has 1 aromatic rings. The van der Waals surface area contributed by atoms with E-state index in [-0.39, 0.29) is 5.82 Å². The number of ether oxygens (including phenoxy) is 1. The summed E-state index contributed by atoms with van der Waals surface area (Å²) in [5.74, 6) is 0.580. The van der Waals surface area contributed by atoms with E-state index in [2.05, 4.69) is 15.9 Å². The minimum Gasteiger partial charge on any atom is -0.494 e. The van der Waals surface area contributed by atoms with Crippen molar-refractivity contribution in [3.05, 3.63) is 29.1 Å². The number of aryl methyl sites for hydroxylation is 1. The summed E-state index contributed by atoms with van der Waals surface area (Å²) in [5.41, 5.74) is 1.47. The van der Waals surface area contributed by atoms with E-state index >= 15 is 0 Å². The highest BCUT2D eigenvalue weighted by Gasteiger charge is 2.06. The smallest absolute Gasteiger partial charge is 0.127 e. The molecule has 1 rings (SSSR count). The van der Waals surface area contributed by atoms with Crippen molar-refractivity contribution in [3.8, 4) is 5.75 Å². The Labute approximate surface area is 86.0 Å². The molecule has 0 N–H and O–H groups in total. The second-order valence-corrected chi connectivity index (χ2v) is 3.34. The van der Waals surface area contributed by atoms with Gasteiger partial charge in [0.1, 0.15) is 11.6 Å². The van der Waals surface area contributed by atoms with Crippen LogP contribution in [0, 0.1) is 12.7 Å². The third-order valence-electron chi connectivity index (χ3n) is 1.79. The largest absolute Gasteiger partial charge is 0.494 e. The van der Waals surface area contributed by atoms with Crippen LogP contribution >= 0.6 is 15.9 Å². The molecule has 0 unspecified atom stereocenters. The van der Waals surface area contributed by atoms with Gasteiger partial charge in [-0.05, 0) is 31.5 Å². The molecule has 0 spiro atoms. The molecular weight excluding hydrogens is 235 g/mol. The van der Waals surface area contributed by atoms with Crippen molar-refractivity contribution in [2.45, 2.75) is 19.2 Å². The Kier molecular flexibility index (Phi) is 3.72. The van der Waals surface area contributed by atoms with Crippen LogP contribution in [0.25, 0.3) is 0 Å². The van der Waals surface area contributed by atoms with Crippen LogP contribution in [0.15, 0.2) is 12.1 Å². The molecule has 0 aliphatic carbocycles. The topological polar surface area (TPSA) is 9.23 Å². The minimum atomic E-state index is -0.183. The Bertz CT molecular complexity index is 299. The van der Waals surface area contributed by atoms with Crippen LogP contribution in [-0.4, -0.2) is 6.61 Å². The molecule has 0 aromatic heterocycles. The molecule has 0 saturated carbocycles. The summed E-state index contributed by atoms with van der Waals surface area (Å²) in [6.07, 6.45) is 0. The Hall–Kier alpha value is -0.570. The van der Waals surface area contributed by atoms with Crippen molar-refractivity contribution >= 4 is 15.9 Å². The van der Waals surface area contributed by atoms with Crippen LogP contribution in [0.4, 0.5) is 4.39 Å². The molecule has 0 aliphatic rings. The molecule has 13 heavy (non-hydrogen) atoms. The van der Waals surface area contributed by atoms with Gasteiger partial charge in [0.05, 0.1) is 6.61 Å². The molecule has 0 atom stereocenters. The van der Waals surface area contributed by atoms with Crippen molar-refractivity contribution in [1.82, 2.24) is 0 Å². The first-order chi connectivity index (χ1) is 6.19. The predicted octanol–water partition coefficient (Wildman–Crippen LogP) is 3.43. The molecule has 0 amide bonds. The number of rotatable bonds is 3. The average molecular weight is 247 g/mol. The Balaban J connectivity index is 3.06. The average Bonchev–Trinajstić information content (AvgIpc) is 2.10. The first-order valence-corrected chi connectivity index (χ1v) is 5.29. The van der Waals surface area contributed by atoms with Crippen molar-refractivity contribution in [2.75, 3.05) is 6.61 Å². The molecule has 3 heteroatoms. The standard InChI is InChI=1S/C10H12BrFO/c1-3-13-10-5-8(6-11)9(12)4-7(10)2/h4-5H,3,6H2,1-2H3. The zero-order chi connectivity index (χ0) is 9.84. The quantitative estimate of drug-likeness (QED) is 0.743. The van der Waals surface area contributed by atoms with E-state index < -0.39 is 0 Å². The van der Waals surface area contributed by atoms with E-state index in [4.69, 9.17) is 4.74 Å². The summed E-state index contributed by atoms with van der Waals surface area (Å²) in [5, 5.41) is 0.513. The normalized spacial score (nSPS) is 10.2. The molecule has 0 fully saturated rings. The van der Waals surface area contributed by atoms with Gasteiger partial charge < -0.3 is 4.74 Å². The van der Waals surface area contributed by atoms with Crippen LogP contribution in [0.5, 0.6) is 5.75 Å². The lowest BCUT2D eigenvalue weighted by molar-refractivity contribution is 0.337. The minimum absolute atomic E-state index is 0.183.